The van der Waals surface area contributed by atoms with E-state index >= 15 is 0 Å². The standard InChI is InChI=1S/C10H11BrO2/c1-7(12)10(4-5-10)6-8-2-3-9(11)13-8/h2-3H,4-6H2,1H3. The summed E-state index contributed by atoms with van der Waals surface area (Å²) in [6, 6.07) is 3.79. The van der Waals surface area contributed by atoms with E-state index in [1.807, 2.05) is 12.1 Å². The van der Waals surface area contributed by atoms with Gasteiger partial charge in [-0.25, -0.2) is 0 Å². The van der Waals surface area contributed by atoms with Crippen LogP contribution >= 0.6 is 15.9 Å². The molecule has 13 heavy (non-hydrogen) atoms. The molecule has 0 unspecified atom stereocenters. The number of ketones is 1. The Morgan fingerprint density at radius 2 is 2.31 bits per heavy atom. The molecule has 1 fully saturated rings. The molecule has 1 aromatic heterocycles. The molecule has 0 saturated heterocycles. The van der Waals surface area contributed by atoms with Crippen LogP contribution in [0.2, 0.25) is 0 Å². The van der Waals surface area contributed by atoms with Gasteiger partial charge in [-0.05, 0) is 47.8 Å². The van der Waals surface area contributed by atoms with Crippen LogP contribution < -0.4 is 0 Å². The normalized spacial score (nSPS) is 18.6. The van der Waals surface area contributed by atoms with Crippen molar-refractivity contribution >= 4 is 21.7 Å². The Morgan fingerprint density at radius 3 is 2.69 bits per heavy atom. The third-order valence-electron chi connectivity index (χ3n) is 2.74. The van der Waals surface area contributed by atoms with Gasteiger partial charge in [0.25, 0.3) is 0 Å². The largest absolute Gasteiger partial charge is 0.454 e. The summed E-state index contributed by atoms with van der Waals surface area (Å²) < 4.78 is 6.11. The van der Waals surface area contributed by atoms with E-state index in [-0.39, 0.29) is 5.41 Å². The fraction of sp³-hybridized carbons (Fsp3) is 0.500. The number of carbonyl (C=O) groups excluding carboxylic acids is 1. The third kappa shape index (κ3) is 1.70. The van der Waals surface area contributed by atoms with E-state index in [1.165, 1.54) is 0 Å². The highest BCUT2D eigenvalue weighted by Gasteiger charge is 2.47. The molecule has 70 valence electrons. The molecule has 1 aliphatic rings. The minimum atomic E-state index is -0.0860. The zero-order valence-corrected chi connectivity index (χ0v) is 9.06. The second-order valence-electron chi connectivity index (χ2n) is 3.72. The van der Waals surface area contributed by atoms with Crippen molar-refractivity contribution in [2.45, 2.75) is 26.2 Å². The maximum atomic E-state index is 11.3. The van der Waals surface area contributed by atoms with Gasteiger partial charge in [0.15, 0.2) is 4.67 Å². The molecule has 0 aromatic carbocycles. The second kappa shape index (κ2) is 2.98. The zero-order valence-electron chi connectivity index (χ0n) is 7.47. The first-order valence-electron chi connectivity index (χ1n) is 4.38. The summed E-state index contributed by atoms with van der Waals surface area (Å²) in [5.41, 5.74) is -0.0860. The van der Waals surface area contributed by atoms with Crippen LogP contribution in [-0.4, -0.2) is 5.78 Å². The summed E-state index contributed by atoms with van der Waals surface area (Å²) in [6.07, 6.45) is 2.79. The summed E-state index contributed by atoms with van der Waals surface area (Å²) in [7, 11) is 0. The Morgan fingerprint density at radius 1 is 1.62 bits per heavy atom. The van der Waals surface area contributed by atoms with Crippen molar-refractivity contribution in [3.63, 3.8) is 0 Å². The summed E-state index contributed by atoms with van der Waals surface area (Å²) in [5, 5.41) is 0. The monoisotopic (exact) mass is 242 g/mol. The lowest BCUT2D eigenvalue weighted by Crippen LogP contribution is -2.14. The van der Waals surface area contributed by atoms with Gasteiger partial charge in [-0.15, -0.1) is 0 Å². The minimum Gasteiger partial charge on any atom is -0.454 e. The number of halogens is 1. The SMILES string of the molecule is CC(=O)C1(Cc2ccc(Br)o2)CC1. The highest BCUT2D eigenvalue weighted by atomic mass is 79.9. The highest BCUT2D eigenvalue weighted by Crippen LogP contribution is 2.49. The molecule has 0 amide bonds. The summed E-state index contributed by atoms with van der Waals surface area (Å²) in [6.45, 7) is 1.67. The van der Waals surface area contributed by atoms with E-state index in [0.717, 1.165) is 29.7 Å². The summed E-state index contributed by atoms with van der Waals surface area (Å²) in [5.74, 6) is 1.19. The molecule has 0 N–H and O–H groups in total. The maximum Gasteiger partial charge on any atom is 0.169 e. The van der Waals surface area contributed by atoms with Crippen LogP contribution in [0.15, 0.2) is 21.2 Å². The van der Waals surface area contributed by atoms with Crippen LogP contribution in [0, 0.1) is 5.41 Å². The predicted molar refractivity (Wildman–Crippen MR) is 52.5 cm³/mol. The molecule has 1 aliphatic carbocycles. The van der Waals surface area contributed by atoms with Crippen LogP contribution in [0.3, 0.4) is 0 Å². The molecule has 0 bridgehead atoms. The van der Waals surface area contributed by atoms with E-state index in [1.54, 1.807) is 6.92 Å². The summed E-state index contributed by atoms with van der Waals surface area (Å²) >= 11 is 3.25. The number of hydrogen-bond acceptors (Lipinski definition) is 2. The smallest absolute Gasteiger partial charge is 0.169 e. The van der Waals surface area contributed by atoms with E-state index < -0.39 is 0 Å². The molecule has 1 aromatic rings. The van der Waals surface area contributed by atoms with Gasteiger partial charge in [-0.3, -0.25) is 4.79 Å². The number of hydrogen-bond donors (Lipinski definition) is 0. The molecule has 0 atom stereocenters. The lowest BCUT2D eigenvalue weighted by atomic mass is 9.96. The molecule has 2 rings (SSSR count). The zero-order chi connectivity index (χ0) is 9.47. The lowest BCUT2D eigenvalue weighted by molar-refractivity contribution is -0.122. The first-order chi connectivity index (χ1) is 6.12. The fourth-order valence-corrected chi connectivity index (χ4v) is 1.92. The number of Topliss-reactive ketones (excluding diaryl/α,β-unsaturated/α-hetero) is 1. The van der Waals surface area contributed by atoms with Crippen molar-refractivity contribution in [2.24, 2.45) is 5.41 Å². The van der Waals surface area contributed by atoms with Gasteiger partial charge >= 0.3 is 0 Å². The van der Waals surface area contributed by atoms with Crippen molar-refractivity contribution in [3.8, 4) is 0 Å². The molecule has 0 spiro atoms. The first-order valence-corrected chi connectivity index (χ1v) is 5.17. The average Bonchev–Trinajstić information content (AvgIpc) is 2.72. The predicted octanol–water partition coefficient (Wildman–Crippen LogP) is 2.95. The fourth-order valence-electron chi connectivity index (χ4n) is 1.58. The van der Waals surface area contributed by atoms with Gasteiger partial charge in [0, 0.05) is 11.8 Å². The molecular formula is C10H11BrO2. The summed E-state index contributed by atoms with van der Waals surface area (Å²) in [4.78, 5) is 11.3. The van der Waals surface area contributed by atoms with Crippen LogP contribution in [0.5, 0.6) is 0 Å². The number of rotatable bonds is 3. The molecular weight excluding hydrogens is 232 g/mol. The van der Waals surface area contributed by atoms with E-state index in [2.05, 4.69) is 15.9 Å². The molecule has 0 aliphatic heterocycles. The Bertz CT molecular complexity index is 336. The van der Waals surface area contributed by atoms with Crippen LogP contribution in [-0.2, 0) is 11.2 Å². The van der Waals surface area contributed by atoms with Crippen LogP contribution in [0.1, 0.15) is 25.5 Å². The van der Waals surface area contributed by atoms with Crippen molar-refractivity contribution in [1.82, 2.24) is 0 Å². The number of furan rings is 1. The van der Waals surface area contributed by atoms with Gasteiger partial charge in [-0.2, -0.15) is 0 Å². The van der Waals surface area contributed by atoms with Gasteiger partial charge in [0.2, 0.25) is 0 Å². The Labute approximate surface area is 85.4 Å². The molecule has 2 nitrogen and oxygen atoms in total. The molecule has 1 saturated carbocycles. The van der Waals surface area contributed by atoms with Gasteiger partial charge in [0.05, 0.1) is 0 Å². The van der Waals surface area contributed by atoms with Gasteiger partial charge < -0.3 is 4.42 Å². The van der Waals surface area contributed by atoms with Crippen LogP contribution in [0.4, 0.5) is 0 Å². The Kier molecular flexibility index (Phi) is 2.06. The Hall–Kier alpha value is -0.570. The van der Waals surface area contributed by atoms with Gasteiger partial charge in [-0.1, -0.05) is 0 Å². The lowest BCUT2D eigenvalue weighted by Gasteiger charge is -2.07. The Balaban J connectivity index is 2.10. The van der Waals surface area contributed by atoms with Crippen LogP contribution in [0.25, 0.3) is 0 Å². The highest BCUT2D eigenvalue weighted by molar-refractivity contribution is 9.10. The van der Waals surface area contributed by atoms with E-state index in [0.29, 0.717) is 5.78 Å². The van der Waals surface area contributed by atoms with E-state index in [9.17, 15) is 4.79 Å². The average molecular weight is 243 g/mol. The van der Waals surface area contributed by atoms with E-state index in [4.69, 9.17) is 4.42 Å². The van der Waals surface area contributed by atoms with Crippen molar-refractivity contribution in [2.75, 3.05) is 0 Å². The van der Waals surface area contributed by atoms with Crippen molar-refractivity contribution in [3.05, 3.63) is 22.6 Å². The van der Waals surface area contributed by atoms with Crippen molar-refractivity contribution in [1.29, 1.82) is 0 Å². The molecule has 1 heterocycles. The van der Waals surface area contributed by atoms with Gasteiger partial charge in [0.1, 0.15) is 11.5 Å². The second-order valence-corrected chi connectivity index (χ2v) is 4.50. The molecule has 0 radical (unpaired) electrons. The maximum absolute atomic E-state index is 11.3. The quantitative estimate of drug-likeness (QED) is 0.816. The topological polar surface area (TPSA) is 30.2 Å². The molecule has 3 heteroatoms. The minimum absolute atomic E-state index is 0.0860. The number of carbonyl (C=O) groups is 1. The van der Waals surface area contributed by atoms with Crippen molar-refractivity contribution < 1.29 is 9.21 Å². The first kappa shape index (κ1) is 9.00. The third-order valence-corrected chi connectivity index (χ3v) is 3.17.